The molecule has 0 amide bonds. The van der Waals surface area contributed by atoms with Crippen LogP contribution in [0.1, 0.15) is 0 Å². The van der Waals surface area contributed by atoms with Gasteiger partial charge in [-0.05, 0) is 60.2 Å². The van der Waals surface area contributed by atoms with Crippen LogP contribution in [0, 0.1) is 0 Å². The fourth-order valence-electron chi connectivity index (χ4n) is 2.88. The van der Waals surface area contributed by atoms with E-state index in [4.69, 9.17) is 16.6 Å². The molecule has 3 aromatic carbocycles. The van der Waals surface area contributed by atoms with Gasteiger partial charge < -0.3 is 5.11 Å². The van der Waals surface area contributed by atoms with Gasteiger partial charge in [0.15, 0.2) is 0 Å². The molecule has 2 nitrogen and oxygen atoms in total. The second kappa shape index (κ2) is 6.51. The third-order valence-corrected chi connectivity index (χ3v) is 4.92. The van der Waals surface area contributed by atoms with Crippen molar-refractivity contribution < 1.29 is 5.11 Å². The lowest BCUT2D eigenvalue weighted by Crippen LogP contribution is -1.90. The van der Waals surface area contributed by atoms with Gasteiger partial charge in [0.1, 0.15) is 5.75 Å². The molecule has 0 atom stereocenters. The maximum absolute atomic E-state index is 9.53. The maximum atomic E-state index is 9.53. The van der Waals surface area contributed by atoms with Crippen LogP contribution in [-0.2, 0) is 0 Å². The van der Waals surface area contributed by atoms with E-state index >= 15 is 0 Å². The normalized spacial score (nSPS) is 11.0. The van der Waals surface area contributed by atoms with E-state index in [1.807, 2.05) is 54.6 Å². The number of hydrogen-bond donors (Lipinski definition) is 1. The fraction of sp³-hybridized carbons (Fsp3) is 0. The van der Waals surface area contributed by atoms with E-state index in [0.29, 0.717) is 5.02 Å². The van der Waals surface area contributed by atoms with Crippen molar-refractivity contribution in [2.75, 3.05) is 0 Å². The Morgan fingerprint density at radius 1 is 0.840 bits per heavy atom. The highest BCUT2D eigenvalue weighted by Gasteiger charge is 2.12. The Morgan fingerprint density at radius 3 is 2.36 bits per heavy atom. The average molecular weight is 411 g/mol. The Morgan fingerprint density at radius 2 is 1.60 bits per heavy atom. The molecule has 0 fully saturated rings. The minimum Gasteiger partial charge on any atom is -0.508 e. The van der Waals surface area contributed by atoms with Crippen molar-refractivity contribution in [2.24, 2.45) is 0 Å². The first-order chi connectivity index (χ1) is 12.1. The molecule has 0 saturated heterocycles. The van der Waals surface area contributed by atoms with Crippen LogP contribution in [0.5, 0.6) is 5.75 Å². The van der Waals surface area contributed by atoms with Crippen LogP contribution in [0.25, 0.3) is 33.3 Å². The van der Waals surface area contributed by atoms with Crippen molar-refractivity contribution in [3.63, 3.8) is 0 Å². The average Bonchev–Trinajstić information content (AvgIpc) is 2.62. The Labute approximate surface area is 158 Å². The van der Waals surface area contributed by atoms with Crippen molar-refractivity contribution in [2.45, 2.75) is 0 Å². The number of hydrogen-bond acceptors (Lipinski definition) is 2. The van der Waals surface area contributed by atoms with Crippen molar-refractivity contribution in [3.8, 4) is 28.1 Å². The molecule has 0 bridgehead atoms. The zero-order valence-electron chi connectivity index (χ0n) is 13.1. The third kappa shape index (κ3) is 3.13. The summed E-state index contributed by atoms with van der Waals surface area (Å²) >= 11 is 9.99. The number of phenols is 1. The van der Waals surface area contributed by atoms with Gasteiger partial charge in [-0.15, -0.1) is 0 Å². The molecule has 122 valence electrons. The summed E-state index contributed by atoms with van der Waals surface area (Å²) in [5.74, 6) is 0.236. The van der Waals surface area contributed by atoms with Crippen LogP contribution >= 0.6 is 27.5 Å². The molecule has 0 aliphatic rings. The molecular weight excluding hydrogens is 398 g/mol. The summed E-state index contributed by atoms with van der Waals surface area (Å²) in [5.41, 5.74) is 4.67. The zero-order valence-corrected chi connectivity index (χ0v) is 15.4. The first kappa shape index (κ1) is 16.1. The molecule has 0 saturated carbocycles. The first-order valence-corrected chi connectivity index (χ1v) is 8.93. The van der Waals surface area contributed by atoms with Crippen molar-refractivity contribution >= 4 is 38.4 Å². The van der Waals surface area contributed by atoms with Gasteiger partial charge in [-0.3, -0.25) is 0 Å². The van der Waals surface area contributed by atoms with Gasteiger partial charge in [0.05, 0.1) is 11.2 Å². The van der Waals surface area contributed by atoms with Gasteiger partial charge in [-0.2, -0.15) is 0 Å². The van der Waals surface area contributed by atoms with Gasteiger partial charge in [0.25, 0.3) is 0 Å². The molecule has 4 rings (SSSR count). The maximum Gasteiger partial charge on any atom is 0.115 e. The smallest absolute Gasteiger partial charge is 0.115 e. The topological polar surface area (TPSA) is 33.1 Å². The lowest BCUT2D eigenvalue weighted by atomic mass is 9.98. The molecule has 0 aliphatic heterocycles. The predicted molar refractivity (Wildman–Crippen MR) is 107 cm³/mol. The lowest BCUT2D eigenvalue weighted by molar-refractivity contribution is 0.475. The molecule has 0 aliphatic carbocycles. The highest BCUT2D eigenvalue weighted by Crippen LogP contribution is 2.36. The van der Waals surface area contributed by atoms with E-state index in [1.165, 1.54) is 0 Å². The van der Waals surface area contributed by atoms with Gasteiger partial charge in [-0.25, -0.2) is 4.98 Å². The van der Waals surface area contributed by atoms with E-state index < -0.39 is 0 Å². The number of aromatic hydroxyl groups is 1. The van der Waals surface area contributed by atoms with Crippen LogP contribution in [0.3, 0.4) is 0 Å². The fourth-order valence-corrected chi connectivity index (χ4v) is 3.48. The molecule has 0 unspecified atom stereocenters. The monoisotopic (exact) mass is 409 g/mol. The Balaban J connectivity index is 2.03. The summed E-state index contributed by atoms with van der Waals surface area (Å²) in [4.78, 5) is 4.79. The molecule has 0 radical (unpaired) electrons. The van der Waals surface area contributed by atoms with Gasteiger partial charge >= 0.3 is 0 Å². The van der Waals surface area contributed by atoms with E-state index in [1.54, 1.807) is 12.1 Å². The number of benzene rings is 3. The number of aromatic nitrogens is 1. The molecule has 4 heteroatoms. The minimum atomic E-state index is 0.236. The number of halogens is 2. The summed E-state index contributed by atoms with van der Waals surface area (Å²) in [7, 11) is 0. The van der Waals surface area contributed by atoms with Crippen LogP contribution in [0.15, 0.2) is 77.3 Å². The summed E-state index contributed by atoms with van der Waals surface area (Å²) in [6, 6.07) is 22.9. The lowest BCUT2D eigenvalue weighted by Gasteiger charge is -2.12. The Bertz CT molecular complexity index is 1080. The number of phenolic OH excluding ortho intramolecular Hbond substituents is 1. The predicted octanol–water partition coefficient (Wildman–Crippen LogP) is 6.69. The van der Waals surface area contributed by atoms with E-state index in [-0.39, 0.29) is 5.75 Å². The van der Waals surface area contributed by atoms with E-state index in [0.717, 1.165) is 37.8 Å². The largest absolute Gasteiger partial charge is 0.508 e. The third-order valence-electron chi connectivity index (χ3n) is 4.10. The van der Waals surface area contributed by atoms with E-state index in [2.05, 4.69) is 22.0 Å². The van der Waals surface area contributed by atoms with E-state index in [9.17, 15) is 5.11 Å². The van der Waals surface area contributed by atoms with Gasteiger partial charge in [0.2, 0.25) is 0 Å². The number of nitrogens with zero attached hydrogens (tertiary/aromatic N) is 1. The first-order valence-electron chi connectivity index (χ1n) is 7.76. The van der Waals surface area contributed by atoms with Gasteiger partial charge in [0, 0.05) is 26.0 Å². The zero-order chi connectivity index (χ0) is 17.4. The number of fused-ring (bicyclic) bond motifs is 1. The van der Waals surface area contributed by atoms with Gasteiger partial charge in [-0.1, -0.05) is 45.7 Å². The highest BCUT2D eigenvalue weighted by atomic mass is 79.9. The molecule has 1 aromatic heterocycles. The molecular formula is C21H13BrClNO. The summed E-state index contributed by atoms with van der Waals surface area (Å²) < 4.78 is 0.993. The summed E-state index contributed by atoms with van der Waals surface area (Å²) in [5, 5.41) is 11.3. The summed E-state index contributed by atoms with van der Waals surface area (Å²) in [6.45, 7) is 0. The Kier molecular flexibility index (Phi) is 4.20. The number of rotatable bonds is 2. The van der Waals surface area contributed by atoms with Crippen molar-refractivity contribution in [3.05, 3.63) is 82.3 Å². The summed E-state index contributed by atoms with van der Waals surface area (Å²) in [6.07, 6.45) is 0. The molecule has 4 aromatic rings. The minimum absolute atomic E-state index is 0.236. The Hall–Kier alpha value is -2.36. The SMILES string of the molecule is Oc1ccc(-c2cc(-c3ccccc3Cl)c3cc(Br)ccc3n2)cc1. The molecule has 0 spiro atoms. The standard InChI is InChI=1S/C21H13BrClNO/c22-14-7-10-20-18(11-14)17(16-3-1-2-4-19(16)23)12-21(24-20)13-5-8-15(25)9-6-13/h1-12,25H. The van der Waals surface area contributed by atoms with Crippen LogP contribution in [0.4, 0.5) is 0 Å². The van der Waals surface area contributed by atoms with Crippen LogP contribution in [-0.4, -0.2) is 10.1 Å². The quantitative estimate of drug-likeness (QED) is 0.399. The van der Waals surface area contributed by atoms with Crippen LogP contribution < -0.4 is 0 Å². The molecule has 1 N–H and O–H groups in total. The highest BCUT2D eigenvalue weighted by molar-refractivity contribution is 9.10. The second-order valence-electron chi connectivity index (χ2n) is 5.74. The number of pyridine rings is 1. The molecule has 1 heterocycles. The van der Waals surface area contributed by atoms with Crippen LogP contribution in [0.2, 0.25) is 5.02 Å². The second-order valence-corrected chi connectivity index (χ2v) is 7.07. The van der Waals surface area contributed by atoms with Crippen molar-refractivity contribution in [1.82, 2.24) is 4.98 Å². The van der Waals surface area contributed by atoms with Crippen molar-refractivity contribution in [1.29, 1.82) is 0 Å². The molecule has 25 heavy (non-hydrogen) atoms.